The molecule has 1 saturated carbocycles. The number of alkyl halides is 1. The van der Waals surface area contributed by atoms with Gasteiger partial charge in [0.25, 0.3) is 0 Å². The summed E-state index contributed by atoms with van der Waals surface area (Å²) in [4.78, 5) is 0. The van der Waals surface area contributed by atoms with E-state index in [0.29, 0.717) is 6.54 Å². The highest BCUT2D eigenvalue weighted by atomic mass is 35.5. The molecule has 1 N–H and O–H groups in total. The van der Waals surface area contributed by atoms with Gasteiger partial charge in [-0.3, -0.25) is 0 Å². The van der Waals surface area contributed by atoms with E-state index in [1.165, 1.54) is 0 Å². The van der Waals surface area contributed by atoms with Crippen molar-refractivity contribution in [1.29, 1.82) is 0 Å². The van der Waals surface area contributed by atoms with Gasteiger partial charge < -0.3 is 0 Å². The van der Waals surface area contributed by atoms with Crippen molar-refractivity contribution in [3.8, 4) is 0 Å². The van der Waals surface area contributed by atoms with Gasteiger partial charge in [-0.15, -0.1) is 11.6 Å². The maximum atomic E-state index is 12.1. The average molecular weight is 316 g/mol. The van der Waals surface area contributed by atoms with Gasteiger partial charge >= 0.3 is 0 Å². The Balaban J connectivity index is 1.87. The average Bonchev–Trinajstić information content (AvgIpc) is 2.83. The maximum absolute atomic E-state index is 12.1. The molecule has 2 rings (SSSR count). The SMILES string of the molecule is CC(CS(=O)(=O)NCC1CCCC1Cl)c1ccccc1. The summed E-state index contributed by atoms with van der Waals surface area (Å²) in [6.45, 7) is 2.41. The summed E-state index contributed by atoms with van der Waals surface area (Å²) in [5.41, 5.74) is 1.05. The summed E-state index contributed by atoms with van der Waals surface area (Å²) in [5, 5.41) is 0.115. The molecular weight excluding hydrogens is 294 g/mol. The quantitative estimate of drug-likeness (QED) is 0.820. The van der Waals surface area contributed by atoms with E-state index in [0.717, 1.165) is 24.8 Å². The molecule has 0 spiro atoms. The van der Waals surface area contributed by atoms with E-state index < -0.39 is 10.0 Å². The topological polar surface area (TPSA) is 46.2 Å². The summed E-state index contributed by atoms with van der Waals surface area (Å²) in [5.74, 6) is 0.388. The lowest BCUT2D eigenvalue weighted by molar-refractivity contribution is 0.521. The van der Waals surface area contributed by atoms with Gasteiger partial charge in [-0.25, -0.2) is 13.1 Å². The van der Waals surface area contributed by atoms with E-state index in [-0.39, 0.29) is 23.0 Å². The van der Waals surface area contributed by atoms with Crippen LogP contribution in [-0.2, 0) is 10.0 Å². The second-order valence-electron chi connectivity index (χ2n) is 5.65. The highest BCUT2D eigenvalue weighted by molar-refractivity contribution is 7.89. The van der Waals surface area contributed by atoms with Gasteiger partial charge in [-0.05, 0) is 30.2 Å². The van der Waals surface area contributed by atoms with E-state index in [2.05, 4.69) is 4.72 Å². The molecule has 0 heterocycles. The van der Waals surface area contributed by atoms with Crippen molar-refractivity contribution in [2.24, 2.45) is 5.92 Å². The minimum Gasteiger partial charge on any atom is -0.215 e. The third-order valence-corrected chi connectivity index (χ3v) is 6.09. The van der Waals surface area contributed by atoms with Crippen LogP contribution < -0.4 is 4.72 Å². The second-order valence-corrected chi connectivity index (χ2v) is 8.06. The van der Waals surface area contributed by atoms with Crippen LogP contribution in [0.4, 0.5) is 0 Å². The zero-order valence-corrected chi connectivity index (χ0v) is 13.3. The molecule has 1 aliphatic carbocycles. The Labute approximate surface area is 126 Å². The van der Waals surface area contributed by atoms with Gasteiger partial charge in [0.1, 0.15) is 0 Å². The highest BCUT2D eigenvalue weighted by Crippen LogP contribution is 2.29. The third-order valence-electron chi connectivity index (χ3n) is 3.97. The van der Waals surface area contributed by atoms with Crippen molar-refractivity contribution >= 4 is 21.6 Å². The van der Waals surface area contributed by atoms with Crippen molar-refractivity contribution in [1.82, 2.24) is 4.72 Å². The molecule has 0 bridgehead atoms. The Hall–Kier alpha value is -0.580. The lowest BCUT2D eigenvalue weighted by Crippen LogP contribution is -2.34. The van der Waals surface area contributed by atoms with Crippen LogP contribution in [-0.4, -0.2) is 26.1 Å². The minimum atomic E-state index is -3.25. The number of halogens is 1. The fourth-order valence-corrected chi connectivity index (χ4v) is 4.53. The molecule has 112 valence electrons. The van der Waals surface area contributed by atoms with Gasteiger partial charge in [0, 0.05) is 11.9 Å². The van der Waals surface area contributed by atoms with Crippen molar-refractivity contribution in [2.75, 3.05) is 12.3 Å². The minimum absolute atomic E-state index is 0.0101. The normalized spacial score (nSPS) is 24.7. The first-order chi connectivity index (χ1) is 9.48. The molecule has 3 unspecified atom stereocenters. The van der Waals surface area contributed by atoms with Crippen LogP contribution in [0.25, 0.3) is 0 Å². The largest absolute Gasteiger partial charge is 0.215 e. The summed E-state index contributed by atoms with van der Waals surface area (Å²) in [6, 6.07) is 9.73. The van der Waals surface area contributed by atoms with Gasteiger partial charge in [0.2, 0.25) is 10.0 Å². The summed E-state index contributed by atoms with van der Waals surface area (Å²) in [7, 11) is -3.25. The lowest BCUT2D eigenvalue weighted by atomic mass is 10.0. The van der Waals surface area contributed by atoms with Crippen LogP contribution in [0.15, 0.2) is 30.3 Å². The van der Waals surface area contributed by atoms with Gasteiger partial charge in [0.05, 0.1) is 5.75 Å². The predicted octanol–water partition coefficient (Wildman–Crippen LogP) is 3.12. The Morgan fingerprint density at radius 1 is 1.30 bits per heavy atom. The number of hydrogen-bond acceptors (Lipinski definition) is 2. The number of benzene rings is 1. The van der Waals surface area contributed by atoms with Crippen LogP contribution in [0.3, 0.4) is 0 Å². The van der Waals surface area contributed by atoms with Crippen LogP contribution in [0.1, 0.15) is 37.7 Å². The fourth-order valence-electron chi connectivity index (χ4n) is 2.72. The van der Waals surface area contributed by atoms with Crippen LogP contribution in [0.5, 0.6) is 0 Å². The molecule has 0 saturated heterocycles. The van der Waals surface area contributed by atoms with Crippen LogP contribution in [0.2, 0.25) is 0 Å². The Morgan fingerprint density at radius 2 is 2.00 bits per heavy atom. The standard InChI is InChI=1S/C15H22ClNO2S/c1-12(13-6-3-2-4-7-13)11-20(18,19)17-10-14-8-5-9-15(14)16/h2-4,6-7,12,14-15,17H,5,8-11H2,1H3. The Bertz CT molecular complexity index is 518. The van der Waals surface area contributed by atoms with Crippen molar-refractivity contribution < 1.29 is 8.42 Å². The van der Waals surface area contributed by atoms with E-state index >= 15 is 0 Å². The number of rotatable bonds is 6. The molecule has 3 nitrogen and oxygen atoms in total. The van der Waals surface area contributed by atoms with Crippen LogP contribution >= 0.6 is 11.6 Å². The summed E-state index contributed by atoms with van der Waals surface area (Å²) < 4.78 is 27.0. The number of hydrogen-bond donors (Lipinski definition) is 1. The Morgan fingerprint density at radius 3 is 2.60 bits per heavy atom. The van der Waals surface area contributed by atoms with Crippen molar-refractivity contribution in [2.45, 2.75) is 37.5 Å². The Kier molecular flexibility index (Phi) is 5.47. The van der Waals surface area contributed by atoms with E-state index in [4.69, 9.17) is 11.6 Å². The first kappa shape index (κ1) is 15.8. The van der Waals surface area contributed by atoms with Gasteiger partial charge in [-0.1, -0.05) is 43.7 Å². The highest BCUT2D eigenvalue weighted by Gasteiger charge is 2.27. The zero-order valence-electron chi connectivity index (χ0n) is 11.8. The maximum Gasteiger partial charge on any atom is 0.212 e. The molecular formula is C15H22ClNO2S. The fraction of sp³-hybridized carbons (Fsp3) is 0.600. The third kappa shape index (κ3) is 4.47. The first-order valence-electron chi connectivity index (χ1n) is 7.14. The molecule has 0 radical (unpaired) electrons. The molecule has 1 fully saturated rings. The second kappa shape index (κ2) is 6.92. The predicted molar refractivity (Wildman–Crippen MR) is 83.6 cm³/mol. The van der Waals surface area contributed by atoms with E-state index in [1.54, 1.807) is 0 Å². The molecule has 20 heavy (non-hydrogen) atoms. The van der Waals surface area contributed by atoms with Gasteiger partial charge in [-0.2, -0.15) is 0 Å². The molecule has 0 aliphatic heterocycles. The van der Waals surface area contributed by atoms with E-state index in [9.17, 15) is 8.42 Å². The van der Waals surface area contributed by atoms with Crippen LogP contribution in [0, 0.1) is 5.92 Å². The summed E-state index contributed by atoms with van der Waals surface area (Å²) >= 11 is 6.17. The molecule has 3 atom stereocenters. The number of nitrogens with one attached hydrogen (secondary N) is 1. The molecule has 0 amide bonds. The molecule has 0 aromatic heterocycles. The number of sulfonamides is 1. The van der Waals surface area contributed by atoms with Crippen molar-refractivity contribution in [3.63, 3.8) is 0 Å². The van der Waals surface area contributed by atoms with E-state index in [1.807, 2.05) is 37.3 Å². The lowest BCUT2D eigenvalue weighted by Gasteiger charge is -2.17. The molecule has 1 aromatic carbocycles. The van der Waals surface area contributed by atoms with Crippen molar-refractivity contribution in [3.05, 3.63) is 35.9 Å². The molecule has 1 aliphatic rings. The van der Waals surface area contributed by atoms with Gasteiger partial charge in [0.15, 0.2) is 0 Å². The smallest absolute Gasteiger partial charge is 0.212 e. The summed E-state index contributed by atoms with van der Waals surface area (Å²) in [6.07, 6.45) is 3.11. The molecule has 5 heteroatoms. The molecule has 1 aromatic rings. The first-order valence-corrected chi connectivity index (χ1v) is 9.23. The monoisotopic (exact) mass is 315 g/mol. The zero-order chi connectivity index (χ0) is 14.6.